The van der Waals surface area contributed by atoms with Crippen molar-refractivity contribution in [2.24, 2.45) is 0 Å². The Labute approximate surface area is 173 Å². The Kier molecular flexibility index (Phi) is 5.68. The molecular formula is C21H16Cl2N3O2-. The van der Waals surface area contributed by atoms with Crippen LogP contribution in [-0.2, 0) is 0 Å². The number of hydrogen-bond acceptors (Lipinski definition) is 4. The predicted molar refractivity (Wildman–Crippen MR) is 106 cm³/mol. The first-order valence-corrected chi connectivity index (χ1v) is 8.80. The number of hydrogen-bond donors (Lipinski definition) is 1. The van der Waals surface area contributed by atoms with Crippen molar-refractivity contribution in [2.75, 3.05) is 5.32 Å². The number of nitrogens with zero attached hydrogens (tertiary/aromatic N) is 2. The van der Waals surface area contributed by atoms with Crippen LogP contribution >= 0.6 is 11.6 Å². The molecule has 0 fully saturated rings. The lowest BCUT2D eigenvalue weighted by Crippen LogP contribution is -3.00. The monoisotopic (exact) mass is 412 g/mol. The quantitative estimate of drug-likeness (QED) is 0.560. The molecular weight excluding hydrogens is 397 g/mol. The summed E-state index contributed by atoms with van der Waals surface area (Å²) in [6.45, 7) is 3.59. The van der Waals surface area contributed by atoms with Crippen LogP contribution in [0.4, 0.5) is 5.82 Å². The molecule has 0 saturated heterocycles. The summed E-state index contributed by atoms with van der Waals surface area (Å²) in [5, 5.41) is 8.04. The zero-order chi connectivity index (χ0) is 19.0. The highest BCUT2D eigenvalue weighted by Gasteiger charge is 2.21. The van der Waals surface area contributed by atoms with E-state index in [1.54, 1.807) is 19.1 Å². The number of benzene rings is 2. The minimum Gasteiger partial charge on any atom is -1.00 e. The first kappa shape index (κ1) is 19.9. The van der Waals surface area contributed by atoms with Crippen LogP contribution in [0.1, 0.15) is 21.8 Å². The summed E-state index contributed by atoms with van der Waals surface area (Å²) in [6.07, 6.45) is 0. The molecule has 0 aliphatic rings. The lowest BCUT2D eigenvalue weighted by molar-refractivity contribution is -0.0000137. The van der Waals surface area contributed by atoms with Crippen molar-refractivity contribution in [2.45, 2.75) is 13.8 Å². The van der Waals surface area contributed by atoms with Crippen LogP contribution in [0.25, 0.3) is 22.0 Å². The van der Waals surface area contributed by atoms with Crippen LogP contribution in [0.5, 0.6) is 0 Å². The molecule has 4 aromatic rings. The smallest absolute Gasteiger partial charge is 0.259 e. The molecule has 1 amide bonds. The summed E-state index contributed by atoms with van der Waals surface area (Å²) in [5.41, 5.74) is 3.60. The van der Waals surface area contributed by atoms with Crippen LogP contribution in [-0.4, -0.2) is 16.0 Å². The van der Waals surface area contributed by atoms with Gasteiger partial charge in [0.2, 0.25) is 0 Å². The average Bonchev–Trinajstić information content (AvgIpc) is 3.06. The number of anilines is 1. The number of fused-ring (bicyclic) bond motifs is 1. The lowest BCUT2D eigenvalue weighted by Gasteiger charge is -2.15. The van der Waals surface area contributed by atoms with Crippen LogP contribution in [0, 0.1) is 13.8 Å². The van der Waals surface area contributed by atoms with Gasteiger partial charge in [-0.3, -0.25) is 9.78 Å². The molecule has 7 heteroatoms. The predicted octanol–water partition coefficient (Wildman–Crippen LogP) is 2.42. The van der Waals surface area contributed by atoms with Crippen molar-refractivity contribution < 1.29 is 21.7 Å². The van der Waals surface area contributed by atoms with E-state index in [9.17, 15) is 4.79 Å². The maximum Gasteiger partial charge on any atom is 0.259 e. The molecule has 2 aromatic heterocycles. The van der Waals surface area contributed by atoms with Crippen molar-refractivity contribution in [3.05, 3.63) is 76.6 Å². The van der Waals surface area contributed by atoms with Crippen molar-refractivity contribution in [1.82, 2.24) is 10.1 Å². The molecule has 0 radical (unpaired) electrons. The summed E-state index contributed by atoms with van der Waals surface area (Å²) in [6, 6.07) is 16.9. The van der Waals surface area contributed by atoms with E-state index in [2.05, 4.69) is 15.5 Å². The highest BCUT2D eigenvalue weighted by Crippen LogP contribution is 2.34. The number of pyridine rings is 1. The number of rotatable bonds is 3. The molecule has 0 aliphatic carbocycles. The Morgan fingerprint density at radius 3 is 2.50 bits per heavy atom. The van der Waals surface area contributed by atoms with Gasteiger partial charge in [0, 0.05) is 22.0 Å². The zero-order valence-corrected chi connectivity index (χ0v) is 16.7. The zero-order valence-electron chi connectivity index (χ0n) is 15.2. The summed E-state index contributed by atoms with van der Waals surface area (Å²) in [5.74, 6) is 0.685. The van der Waals surface area contributed by atoms with E-state index in [1.165, 1.54) is 0 Å². The molecule has 5 nitrogen and oxygen atoms in total. The number of nitrogens with one attached hydrogen (secondary N) is 1. The fourth-order valence-electron chi connectivity index (χ4n) is 3.14. The fourth-order valence-corrected chi connectivity index (χ4v) is 3.32. The Hall–Kier alpha value is -2.89. The standard InChI is InChI=1S/C21H16ClN3O2.ClH/c1-12-10-18(25-27-12)24-21(26)19-13(2)23-17-9-8-15(22)11-16(17)20(19)14-6-4-3-5-7-14;/h3-11H,1-2H3,(H,24,25,26);1H/p-1. The van der Waals surface area contributed by atoms with Gasteiger partial charge >= 0.3 is 0 Å². The molecule has 0 aliphatic heterocycles. The normalized spacial score (nSPS) is 10.5. The minimum atomic E-state index is -0.297. The summed E-state index contributed by atoms with van der Waals surface area (Å²) in [4.78, 5) is 17.7. The van der Waals surface area contributed by atoms with Gasteiger partial charge in [-0.25, -0.2) is 0 Å². The molecule has 0 saturated carbocycles. The second-order valence-electron chi connectivity index (χ2n) is 6.25. The van der Waals surface area contributed by atoms with Gasteiger partial charge < -0.3 is 22.2 Å². The van der Waals surface area contributed by atoms with E-state index in [0.717, 1.165) is 22.0 Å². The molecule has 1 N–H and O–H groups in total. The number of aromatic nitrogens is 2. The van der Waals surface area contributed by atoms with E-state index in [1.807, 2.05) is 49.4 Å². The molecule has 2 aromatic carbocycles. The maximum atomic E-state index is 13.1. The Balaban J connectivity index is 0.00000225. The van der Waals surface area contributed by atoms with E-state index in [0.29, 0.717) is 27.9 Å². The van der Waals surface area contributed by atoms with Crippen molar-refractivity contribution >= 4 is 34.2 Å². The topological polar surface area (TPSA) is 68.0 Å². The van der Waals surface area contributed by atoms with Gasteiger partial charge in [0.1, 0.15) is 5.76 Å². The van der Waals surface area contributed by atoms with Crippen LogP contribution in [0.3, 0.4) is 0 Å². The molecule has 2 heterocycles. The summed E-state index contributed by atoms with van der Waals surface area (Å²) in [7, 11) is 0. The number of amides is 1. The summed E-state index contributed by atoms with van der Waals surface area (Å²) < 4.78 is 5.03. The molecule has 0 atom stereocenters. The van der Waals surface area contributed by atoms with Crippen LogP contribution in [0.2, 0.25) is 5.02 Å². The molecule has 28 heavy (non-hydrogen) atoms. The van der Waals surface area contributed by atoms with Crippen LogP contribution < -0.4 is 17.7 Å². The SMILES string of the molecule is Cc1cc(NC(=O)c2c(C)nc3ccc(Cl)cc3c2-c2ccccc2)no1.[Cl-]. The highest BCUT2D eigenvalue weighted by atomic mass is 35.5. The highest BCUT2D eigenvalue weighted by molar-refractivity contribution is 6.31. The maximum absolute atomic E-state index is 13.1. The third-order valence-electron chi connectivity index (χ3n) is 4.29. The number of carbonyl (C=O) groups is 1. The van der Waals surface area contributed by atoms with Crippen molar-refractivity contribution in [3.8, 4) is 11.1 Å². The van der Waals surface area contributed by atoms with Gasteiger partial charge in [0.15, 0.2) is 5.82 Å². The largest absolute Gasteiger partial charge is 1.00 e. The molecule has 0 spiro atoms. The molecule has 0 unspecified atom stereocenters. The first-order valence-electron chi connectivity index (χ1n) is 8.43. The van der Waals surface area contributed by atoms with E-state index in [-0.39, 0.29) is 18.3 Å². The lowest BCUT2D eigenvalue weighted by atomic mass is 9.94. The van der Waals surface area contributed by atoms with E-state index >= 15 is 0 Å². The second kappa shape index (κ2) is 8.00. The van der Waals surface area contributed by atoms with E-state index < -0.39 is 0 Å². The number of halogens is 2. The van der Waals surface area contributed by atoms with Gasteiger partial charge in [-0.15, -0.1) is 0 Å². The van der Waals surface area contributed by atoms with Crippen molar-refractivity contribution in [1.29, 1.82) is 0 Å². The number of carbonyl (C=O) groups excluding carboxylic acids is 1. The molecule has 0 bridgehead atoms. The van der Waals surface area contributed by atoms with Crippen LogP contribution in [0.15, 0.2) is 59.1 Å². The fraction of sp³-hybridized carbons (Fsp3) is 0.0952. The number of aryl methyl sites for hydroxylation is 2. The third kappa shape index (κ3) is 3.72. The second-order valence-corrected chi connectivity index (χ2v) is 6.69. The first-order chi connectivity index (χ1) is 13.0. The van der Waals surface area contributed by atoms with Gasteiger partial charge in [0.05, 0.1) is 16.8 Å². The molecule has 142 valence electrons. The Bertz CT molecular complexity index is 1160. The van der Waals surface area contributed by atoms with E-state index in [4.69, 9.17) is 16.1 Å². The third-order valence-corrected chi connectivity index (χ3v) is 4.52. The average molecular weight is 413 g/mol. The minimum absolute atomic E-state index is 0. The Morgan fingerprint density at radius 1 is 1.07 bits per heavy atom. The van der Waals surface area contributed by atoms with Gasteiger partial charge in [-0.2, -0.15) is 0 Å². The Morgan fingerprint density at radius 2 is 1.82 bits per heavy atom. The summed E-state index contributed by atoms with van der Waals surface area (Å²) >= 11 is 6.23. The van der Waals surface area contributed by atoms with Gasteiger partial charge in [-0.05, 0) is 37.6 Å². The van der Waals surface area contributed by atoms with Gasteiger partial charge in [0.25, 0.3) is 5.91 Å². The van der Waals surface area contributed by atoms with Crippen molar-refractivity contribution in [3.63, 3.8) is 0 Å². The molecule has 4 rings (SSSR count). The van der Waals surface area contributed by atoms with Gasteiger partial charge in [-0.1, -0.05) is 47.1 Å².